The Hall–Kier alpha value is -1.14. The lowest BCUT2D eigenvalue weighted by atomic mass is 10.0. The first kappa shape index (κ1) is 14.3. The molecular weight excluding hydrogens is 267 g/mol. The number of benzene rings is 1. The van der Waals surface area contributed by atoms with Crippen LogP contribution in [-0.2, 0) is 10.0 Å². The van der Waals surface area contributed by atoms with Gasteiger partial charge in [-0.1, -0.05) is 0 Å². The Labute approximate surface area is 113 Å². The highest BCUT2D eigenvalue weighted by Gasteiger charge is 2.40. The summed E-state index contributed by atoms with van der Waals surface area (Å²) in [5.41, 5.74) is 5.51. The van der Waals surface area contributed by atoms with Crippen molar-refractivity contribution in [2.75, 3.05) is 5.73 Å². The molecule has 1 aliphatic rings. The minimum atomic E-state index is -3.75. The Balaban J connectivity index is 2.34. The number of nitrogen functional groups attached to an aromatic ring is 1. The fourth-order valence-corrected chi connectivity index (χ4v) is 3.64. The van der Waals surface area contributed by atoms with Crippen molar-refractivity contribution in [3.63, 3.8) is 0 Å². The summed E-state index contributed by atoms with van der Waals surface area (Å²) in [5, 5.41) is 0. The van der Waals surface area contributed by atoms with Crippen LogP contribution in [0, 0.1) is 18.7 Å². The summed E-state index contributed by atoms with van der Waals surface area (Å²) in [6, 6.07) is 2.31. The largest absolute Gasteiger partial charge is 0.398 e. The van der Waals surface area contributed by atoms with Crippen molar-refractivity contribution in [3.8, 4) is 0 Å². The van der Waals surface area contributed by atoms with Crippen molar-refractivity contribution in [1.82, 2.24) is 4.72 Å². The number of nitrogens with one attached hydrogen (secondary N) is 1. The minimum Gasteiger partial charge on any atom is -0.398 e. The Bertz CT molecular complexity index is 584. The van der Waals surface area contributed by atoms with Crippen LogP contribution in [0.15, 0.2) is 17.0 Å². The van der Waals surface area contributed by atoms with Gasteiger partial charge in [0.25, 0.3) is 0 Å². The number of hydrogen-bond acceptors (Lipinski definition) is 3. The van der Waals surface area contributed by atoms with Gasteiger partial charge in [-0.2, -0.15) is 0 Å². The molecule has 1 aromatic rings. The van der Waals surface area contributed by atoms with Gasteiger partial charge < -0.3 is 5.73 Å². The third-order valence-electron chi connectivity index (χ3n) is 3.66. The fourth-order valence-electron chi connectivity index (χ4n) is 2.12. The number of anilines is 1. The first-order valence-corrected chi connectivity index (χ1v) is 7.71. The zero-order chi connectivity index (χ0) is 14.4. The monoisotopic (exact) mass is 286 g/mol. The van der Waals surface area contributed by atoms with Gasteiger partial charge in [-0.25, -0.2) is 17.5 Å². The third kappa shape index (κ3) is 2.90. The van der Waals surface area contributed by atoms with Gasteiger partial charge in [0.1, 0.15) is 5.82 Å². The second-order valence-electron chi connectivity index (χ2n) is 5.72. The minimum absolute atomic E-state index is 0.123. The van der Waals surface area contributed by atoms with Gasteiger partial charge in [0.15, 0.2) is 0 Å². The average Bonchev–Trinajstić information content (AvgIpc) is 3.07. The van der Waals surface area contributed by atoms with Crippen molar-refractivity contribution < 1.29 is 12.8 Å². The lowest BCUT2D eigenvalue weighted by Gasteiger charge is -2.26. The van der Waals surface area contributed by atoms with E-state index in [4.69, 9.17) is 5.73 Å². The molecule has 4 nitrogen and oxygen atoms in total. The predicted molar refractivity (Wildman–Crippen MR) is 72.7 cm³/mol. The van der Waals surface area contributed by atoms with E-state index in [0.29, 0.717) is 5.92 Å². The van der Waals surface area contributed by atoms with Crippen LogP contribution in [0.4, 0.5) is 10.1 Å². The standard InChI is InChI=1S/C13H19FN2O2S/c1-8-11(14)6-10(7-12(8)15)19(17,18)16-13(2,3)9-4-5-9/h6-7,9,16H,4-5,15H2,1-3H3. The Kier molecular flexibility index (Phi) is 3.35. The zero-order valence-corrected chi connectivity index (χ0v) is 12.1. The van der Waals surface area contributed by atoms with Crippen LogP contribution < -0.4 is 10.5 Å². The summed E-state index contributed by atoms with van der Waals surface area (Å²) < 4.78 is 40.8. The van der Waals surface area contributed by atoms with E-state index in [0.717, 1.165) is 18.9 Å². The molecule has 1 fully saturated rings. The van der Waals surface area contributed by atoms with E-state index >= 15 is 0 Å². The Morgan fingerprint density at radius 2 is 1.95 bits per heavy atom. The number of hydrogen-bond donors (Lipinski definition) is 2. The van der Waals surface area contributed by atoms with E-state index < -0.39 is 21.4 Å². The Morgan fingerprint density at radius 1 is 1.37 bits per heavy atom. The molecule has 2 rings (SSSR count). The molecule has 3 N–H and O–H groups in total. The summed E-state index contributed by atoms with van der Waals surface area (Å²) in [4.78, 5) is -0.123. The molecule has 6 heteroatoms. The van der Waals surface area contributed by atoms with Crippen molar-refractivity contribution in [2.24, 2.45) is 5.92 Å². The molecule has 1 aliphatic carbocycles. The van der Waals surface area contributed by atoms with Gasteiger partial charge in [0.2, 0.25) is 10.0 Å². The molecule has 106 valence electrons. The van der Waals surface area contributed by atoms with E-state index in [1.54, 1.807) is 0 Å². The number of nitrogens with two attached hydrogens (primary N) is 1. The summed E-state index contributed by atoms with van der Waals surface area (Å²) in [7, 11) is -3.75. The van der Waals surface area contributed by atoms with Crippen LogP contribution in [0.25, 0.3) is 0 Å². The number of rotatable bonds is 4. The summed E-state index contributed by atoms with van der Waals surface area (Å²) in [6.45, 7) is 5.20. The third-order valence-corrected chi connectivity index (χ3v) is 5.31. The molecule has 0 spiro atoms. The molecule has 0 aliphatic heterocycles. The topological polar surface area (TPSA) is 72.2 Å². The molecule has 0 heterocycles. The van der Waals surface area contributed by atoms with Crippen molar-refractivity contribution in [3.05, 3.63) is 23.5 Å². The molecular formula is C13H19FN2O2S. The van der Waals surface area contributed by atoms with Crippen molar-refractivity contribution >= 4 is 15.7 Å². The molecule has 0 radical (unpaired) electrons. The molecule has 19 heavy (non-hydrogen) atoms. The molecule has 0 aromatic heterocycles. The maximum absolute atomic E-state index is 13.6. The van der Waals surface area contributed by atoms with Crippen LogP contribution in [-0.4, -0.2) is 14.0 Å². The first-order valence-electron chi connectivity index (χ1n) is 6.23. The summed E-state index contributed by atoms with van der Waals surface area (Å²) >= 11 is 0. The van der Waals surface area contributed by atoms with Crippen molar-refractivity contribution in [2.45, 2.75) is 44.0 Å². The molecule has 0 unspecified atom stereocenters. The van der Waals surface area contributed by atoms with Crippen LogP contribution >= 0.6 is 0 Å². The van der Waals surface area contributed by atoms with Crippen LogP contribution in [0.1, 0.15) is 32.3 Å². The van der Waals surface area contributed by atoms with Crippen molar-refractivity contribution in [1.29, 1.82) is 0 Å². The van der Waals surface area contributed by atoms with Gasteiger partial charge in [-0.05, 0) is 51.7 Å². The van der Waals surface area contributed by atoms with Gasteiger partial charge in [0.05, 0.1) is 4.90 Å². The van der Waals surface area contributed by atoms with Gasteiger partial charge in [0, 0.05) is 16.8 Å². The Morgan fingerprint density at radius 3 is 2.42 bits per heavy atom. The van der Waals surface area contributed by atoms with Crippen LogP contribution in [0.5, 0.6) is 0 Å². The molecule has 1 aromatic carbocycles. The highest BCUT2D eigenvalue weighted by Crippen LogP contribution is 2.40. The van der Waals surface area contributed by atoms with Crippen LogP contribution in [0.2, 0.25) is 0 Å². The molecule has 1 saturated carbocycles. The molecule has 0 saturated heterocycles. The van der Waals surface area contributed by atoms with Gasteiger partial charge >= 0.3 is 0 Å². The van der Waals surface area contributed by atoms with E-state index in [2.05, 4.69) is 4.72 Å². The highest BCUT2D eigenvalue weighted by molar-refractivity contribution is 7.89. The zero-order valence-electron chi connectivity index (χ0n) is 11.3. The van der Waals surface area contributed by atoms with Crippen LogP contribution in [0.3, 0.4) is 0 Å². The first-order chi connectivity index (χ1) is 8.63. The average molecular weight is 286 g/mol. The normalized spacial score (nSPS) is 16.6. The van der Waals surface area contributed by atoms with E-state index in [1.165, 1.54) is 13.0 Å². The lowest BCUT2D eigenvalue weighted by molar-refractivity contribution is 0.400. The summed E-state index contributed by atoms with van der Waals surface area (Å²) in [5.74, 6) is -0.264. The predicted octanol–water partition coefficient (Wildman–Crippen LogP) is 2.18. The van der Waals surface area contributed by atoms with Gasteiger partial charge in [-0.15, -0.1) is 0 Å². The molecule has 0 bridgehead atoms. The van der Waals surface area contributed by atoms with E-state index in [9.17, 15) is 12.8 Å². The quantitative estimate of drug-likeness (QED) is 0.833. The van der Waals surface area contributed by atoms with E-state index in [1.807, 2.05) is 13.8 Å². The maximum Gasteiger partial charge on any atom is 0.241 e. The fraction of sp³-hybridized carbons (Fsp3) is 0.538. The molecule has 0 amide bonds. The second-order valence-corrected chi connectivity index (χ2v) is 7.40. The highest BCUT2D eigenvalue weighted by atomic mass is 32.2. The summed E-state index contributed by atoms with van der Waals surface area (Å²) in [6.07, 6.45) is 2.03. The van der Waals surface area contributed by atoms with E-state index in [-0.39, 0.29) is 16.1 Å². The number of sulfonamides is 1. The maximum atomic E-state index is 13.6. The smallest absolute Gasteiger partial charge is 0.241 e. The lowest BCUT2D eigenvalue weighted by Crippen LogP contribution is -2.45. The van der Waals surface area contributed by atoms with Gasteiger partial charge in [-0.3, -0.25) is 0 Å². The second kappa shape index (κ2) is 4.45. The molecule has 0 atom stereocenters. The number of halogens is 1. The SMILES string of the molecule is Cc1c(N)cc(S(=O)(=O)NC(C)(C)C2CC2)cc1F.